The second-order valence-electron chi connectivity index (χ2n) is 9.85. The van der Waals surface area contributed by atoms with E-state index in [9.17, 15) is 22.8 Å². The normalized spacial score (nSPS) is 17.6. The second kappa shape index (κ2) is 11.3. The van der Waals surface area contributed by atoms with Gasteiger partial charge in [-0.25, -0.2) is 13.4 Å². The van der Waals surface area contributed by atoms with E-state index in [2.05, 4.69) is 15.6 Å². The number of nitrogens with one attached hydrogen (secondary N) is 4. The molecule has 5 rings (SSSR count). The zero-order chi connectivity index (χ0) is 28.3. The lowest BCUT2D eigenvalue weighted by molar-refractivity contribution is -0.128. The lowest BCUT2D eigenvalue weighted by Gasteiger charge is -2.23. The number of carbonyl (C=O) groups excluding carboxylic acids is 3. The smallest absolute Gasteiger partial charge is 0.243 e. The number of carbonyl (C=O) groups is 3. The molecule has 1 unspecified atom stereocenters. The van der Waals surface area contributed by atoms with Crippen LogP contribution < -0.4 is 15.4 Å². The summed E-state index contributed by atoms with van der Waals surface area (Å²) >= 11 is 0. The Bertz CT molecular complexity index is 1620. The number of hydrogen-bond donors (Lipinski definition) is 4. The van der Waals surface area contributed by atoms with E-state index < -0.39 is 33.3 Å². The van der Waals surface area contributed by atoms with Gasteiger partial charge in [-0.2, -0.15) is 0 Å². The van der Waals surface area contributed by atoms with Gasteiger partial charge in [0.1, 0.15) is 17.1 Å². The van der Waals surface area contributed by atoms with Crippen molar-refractivity contribution in [3.05, 3.63) is 101 Å². The van der Waals surface area contributed by atoms with Crippen molar-refractivity contribution < 1.29 is 22.8 Å². The van der Waals surface area contributed by atoms with Crippen LogP contribution in [0.15, 0.2) is 78.9 Å². The molecule has 3 amide bonds. The molecule has 206 valence electrons. The molecule has 11 heteroatoms. The molecule has 3 aromatic carbocycles. The molecule has 1 fully saturated rings. The minimum Gasteiger partial charge on any atom is -0.344 e. The Balaban J connectivity index is 1.41. The van der Waals surface area contributed by atoms with Crippen LogP contribution in [0.25, 0.3) is 11.0 Å². The highest BCUT2D eigenvalue weighted by Crippen LogP contribution is 2.30. The third kappa shape index (κ3) is 6.20. The van der Waals surface area contributed by atoms with Crippen molar-refractivity contribution in [3.63, 3.8) is 0 Å². The number of fused-ring (bicyclic) bond motifs is 1. The van der Waals surface area contributed by atoms with Crippen LogP contribution in [0.2, 0.25) is 0 Å². The Hall–Kier alpha value is -4.51. The first kappa shape index (κ1) is 27.1. The second-order valence-corrected chi connectivity index (χ2v) is 11.7. The number of hydrogen-bond acceptors (Lipinski definition) is 6. The summed E-state index contributed by atoms with van der Waals surface area (Å²) in [5.74, 6) is -0.649. The Morgan fingerprint density at radius 1 is 0.925 bits per heavy atom. The van der Waals surface area contributed by atoms with Gasteiger partial charge in [0.25, 0.3) is 0 Å². The van der Waals surface area contributed by atoms with Crippen LogP contribution in [0.3, 0.4) is 0 Å². The molecule has 10 nitrogen and oxygen atoms in total. The zero-order valence-corrected chi connectivity index (χ0v) is 22.6. The van der Waals surface area contributed by atoms with Gasteiger partial charge in [0.15, 0.2) is 0 Å². The highest BCUT2D eigenvalue weighted by Gasteiger charge is 2.37. The van der Waals surface area contributed by atoms with Crippen LogP contribution >= 0.6 is 0 Å². The molecule has 0 radical (unpaired) electrons. The molecule has 2 heterocycles. The summed E-state index contributed by atoms with van der Waals surface area (Å²) in [6.45, 7) is 1.37. The van der Waals surface area contributed by atoms with Crippen molar-refractivity contribution in [1.29, 1.82) is 0 Å². The molecular formula is C29H29N5O5S. The Labute approximate surface area is 231 Å². The van der Waals surface area contributed by atoms with Gasteiger partial charge in [0.2, 0.25) is 27.7 Å². The van der Waals surface area contributed by atoms with Crippen LogP contribution in [-0.4, -0.2) is 42.1 Å². The van der Waals surface area contributed by atoms with Crippen LogP contribution in [0.4, 0.5) is 0 Å². The fourth-order valence-electron chi connectivity index (χ4n) is 4.88. The van der Waals surface area contributed by atoms with Crippen molar-refractivity contribution in [3.8, 4) is 0 Å². The first-order valence-corrected chi connectivity index (χ1v) is 14.4. The van der Waals surface area contributed by atoms with E-state index in [-0.39, 0.29) is 18.2 Å². The number of sulfonamides is 1. The minimum absolute atomic E-state index is 0.120. The van der Waals surface area contributed by atoms with E-state index in [1.54, 1.807) is 24.3 Å². The van der Waals surface area contributed by atoms with Crippen molar-refractivity contribution in [1.82, 2.24) is 25.3 Å². The SMILES string of the molecule is CC(=O)N[C@@H](Cc1ccccc1)C(=O)N[C@H](Cc1ccc(C2CC(=O)NS2(=O)=O)cc1)c1nc2ccccc2[nH]1. The topological polar surface area (TPSA) is 150 Å². The number of aromatic nitrogens is 2. The minimum atomic E-state index is -3.75. The summed E-state index contributed by atoms with van der Waals surface area (Å²) in [5.41, 5.74) is 3.81. The van der Waals surface area contributed by atoms with Crippen LogP contribution in [0, 0.1) is 0 Å². The quantitative estimate of drug-likeness (QED) is 0.248. The predicted octanol–water partition coefficient (Wildman–Crippen LogP) is 2.60. The zero-order valence-electron chi connectivity index (χ0n) is 21.8. The predicted molar refractivity (Wildman–Crippen MR) is 149 cm³/mol. The highest BCUT2D eigenvalue weighted by atomic mass is 32.2. The average Bonchev–Trinajstić information content (AvgIpc) is 3.48. The fourth-order valence-corrected chi connectivity index (χ4v) is 6.31. The monoisotopic (exact) mass is 559 g/mol. The van der Waals surface area contributed by atoms with Gasteiger partial charge in [-0.15, -0.1) is 0 Å². The van der Waals surface area contributed by atoms with Gasteiger partial charge in [-0.1, -0.05) is 66.7 Å². The number of nitrogens with zero attached hydrogens (tertiary/aromatic N) is 1. The fraction of sp³-hybridized carbons (Fsp3) is 0.241. The number of H-pyrrole nitrogens is 1. The van der Waals surface area contributed by atoms with Gasteiger partial charge in [0.05, 0.1) is 23.5 Å². The summed E-state index contributed by atoms with van der Waals surface area (Å²) in [4.78, 5) is 45.1. The summed E-state index contributed by atoms with van der Waals surface area (Å²) in [6, 6.07) is 22.5. The van der Waals surface area contributed by atoms with E-state index >= 15 is 0 Å². The number of imidazole rings is 1. The van der Waals surface area contributed by atoms with E-state index in [1.165, 1.54) is 6.92 Å². The summed E-state index contributed by atoms with van der Waals surface area (Å²) in [7, 11) is -3.75. The third-order valence-electron chi connectivity index (χ3n) is 6.82. The maximum absolute atomic E-state index is 13.5. The van der Waals surface area contributed by atoms with E-state index in [4.69, 9.17) is 4.98 Å². The largest absolute Gasteiger partial charge is 0.344 e. The molecule has 3 atom stereocenters. The van der Waals surface area contributed by atoms with Crippen molar-refractivity contribution >= 4 is 38.8 Å². The summed E-state index contributed by atoms with van der Waals surface area (Å²) in [5, 5.41) is 4.88. The van der Waals surface area contributed by atoms with E-state index in [1.807, 2.05) is 59.3 Å². The molecular weight excluding hydrogens is 530 g/mol. The van der Waals surface area contributed by atoms with Gasteiger partial charge >= 0.3 is 0 Å². The van der Waals surface area contributed by atoms with E-state index in [0.29, 0.717) is 24.2 Å². The molecule has 40 heavy (non-hydrogen) atoms. The Morgan fingerprint density at radius 3 is 2.25 bits per heavy atom. The van der Waals surface area contributed by atoms with Gasteiger partial charge in [-0.3, -0.25) is 19.1 Å². The molecule has 0 bridgehead atoms. The maximum Gasteiger partial charge on any atom is 0.243 e. The molecule has 4 N–H and O–H groups in total. The standard InChI is InChI=1S/C29H29N5O5S/c1-18(35)30-25(16-19-7-3-2-4-8-19)29(37)33-24(28-31-22-9-5-6-10-23(22)32-28)15-20-11-13-21(14-12-20)26-17-27(36)34-40(26,38)39/h2-14,24-26H,15-17H2,1H3,(H,30,35)(H,31,32)(H,33,37)(H,34,36)/t24-,25+,26?/m1/s1. The number of benzene rings is 3. The Morgan fingerprint density at radius 2 is 1.60 bits per heavy atom. The first-order valence-electron chi connectivity index (χ1n) is 12.9. The molecule has 1 aromatic heterocycles. The first-order chi connectivity index (χ1) is 19.2. The molecule has 4 aromatic rings. The number of para-hydroxylation sites is 2. The number of rotatable bonds is 9. The van der Waals surface area contributed by atoms with Crippen LogP contribution in [0.5, 0.6) is 0 Å². The van der Waals surface area contributed by atoms with Gasteiger partial charge in [-0.05, 0) is 35.2 Å². The van der Waals surface area contributed by atoms with Crippen LogP contribution in [0.1, 0.15) is 47.2 Å². The summed E-state index contributed by atoms with van der Waals surface area (Å²) < 4.78 is 26.6. The molecule has 1 aliphatic rings. The summed E-state index contributed by atoms with van der Waals surface area (Å²) in [6.07, 6.45) is 0.542. The van der Waals surface area contributed by atoms with Gasteiger partial charge < -0.3 is 15.6 Å². The molecule has 0 aliphatic carbocycles. The van der Waals surface area contributed by atoms with Crippen molar-refractivity contribution in [2.75, 3.05) is 0 Å². The highest BCUT2D eigenvalue weighted by molar-refractivity contribution is 7.90. The van der Waals surface area contributed by atoms with Crippen LogP contribution in [-0.2, 0) is 37.2 Å². The number of amides is 3. The maximum atomic E-state index is 13.5. The molecule has 0 saturated carbocycles. The molecule has 0 spiro atoms. The van der Waals surface area contributed by atoms with Crippen molar-refractivity contribution in [2.45, 2.75) is 43.5 Å². The lowest BCUT2D eigenvalue weighted by Crippen LogP contribution is -2.48. The molecule has 1 saturated heterocycles. The van der Waals surface area contributed by atoms with E-state index in [0.717, 1.165) is 22.2 Å². The Kier molecular flexibility index (Phi) is 7.65. The third-order valence-corrected chi connectivity index (χ3v) is 8.52. The lowest BCUT2D eigenvalue weighted by atomic mass is 10.0. The van der Waals surface area contributed by atoms with Crippen molar-refractivity contribution in [2.24, 2.45) is 0 Å². The average molecular weight is 560 g/mol. The number of aromatic amines is 1. The molecule has 1 aliphatic heterocycles. The van der Waals surface area contributed by atoms with Gasteiger partial charge in [0, 0.05) is 13.3 Å².